The van der Waals surface area contributed by atoms with Crippen molar-refractivity contribution in [3.63, 3.8) is 0 Å². The van der Waals surface area contributed by atoms with Crippen LogP contribution in [0.1, 0.15) is 16.7 Å². The fraction of sp³-hybridized carbons (Fsp3) is 0.222. The second-order valence-electron chi connectivity index (χ2n) is 6.04. The molecular formula is C18H18N4O2. The van der Waals surface area contributed by atoms with Gasteiger partial charge in [0, 0.05) is 37.1 Å². The van der Waals surface area contributed by atoms with E-state index >= 15 is 0 Å². The molecule has 0 aliphatic carbocycles. The standard InChI is InChI=1S/C18H18N4O2/c1-19-16(23)18(14-4-2-3-5-15(14)21-17(18)24)22-13-7-6-11-9-20-10-12(11)8-13/h2-8,20,22H,9-10H2,1H3,(H,19,23)(H,21,24)/t18-/m0/s1. The molecule has 1 atom stereocenters. The minimum Gasteiger partial charge on any atom is -0.360 e. The number of carbonyl (C=O) groups is 2. The first-order valence-electron chi connectivity index (χ1n) is 7.89. The van der Waals surface area contributed by atoms with Crippen LogP contribution in [0, 0.1) is 0 Å². The second-order valence-corrected chi connectivity index (χ2v) is 6.04. The first-order chi connectivity index (χ1) is 11.6. The van der Waals surface area contributed by atoms with E-state index in [9.17, 15) is 9.59 Å². The number of hydrogen-bond acceptors (Lipinski definition) is 4. The minimum absolute atomic E-state index is 0.373. The van der Waals surface area contributed by atoms with Gasteiger partial charge in [0.05, 0.1) is 0 Å². The van der Waals surface area contributed by atoms with Crippen molar-refractivity contribution >= 4 is 23.2 Å². The van der Waals surface area contributed by atoms with Gasteiger partial charge in [-0.1, -0.05) is 24.3 Å². The lowest BCUT2D eigenvalue weighted by Gasteiger charge is -2.28. The number of para-hydroxylation sites is 1. The van der Waals surface area contributed by atoms with Crippen LogP contribution in [0.15, 0.2) is 42.5 Å². The second kappa shape index (κ2) is 5.35. The van der Waals surface area contributed by atoms with Gasteiger partial charge >= 0.3 is 0 Å². The Morgan fingerprint density at radius 2 is 1.92 bits per heavy atom. The number of hydrogen-bond donors (Lipinski definition) is 4. The van der Waals surface area contributed by atoms with E-state index in [1.165, 1.54) is 18.2 Å². The molecule has 0 saturated heterocycles. The van der Waals surface area contributed by atoms with Crippen LogP contribution >= 0.6 is 0 Å². The third-order valence-electron chi connectivity index (χ3n) is 4.66. The summed E-state index contributed by atoms with van der Waals surface area (Å²) in [7, 11) is 1.53. The van der Waals surface area contributed by atoms with Crippen molar-refractivity contribution < 1.29 is 9.59 Å². The lowest BCUT2D eigenvalue weighted by atomic mass is 9.89. The smallest absolute Gasteiger partial charge is 0.264 e. The van der Waals surface area contributed by atoms with Crippen LogP contribution in [0.25, 0.3) is 0 Å². The SMILES string of the molecule is CNC(=O)[C@]1(Nc2ccc3c(c2)CNC3)C(=O)Nc2ccccc21. The first-order valence-corrected chi connectivity index (χ1v) is 7.89. The summed E-state index contributed by atoms with van der Waals surface area (Å²) in [6, 6.07) is 13.2. The maximum Gasteiger partial charge on any atom is 0.264 e. The van der Waals surface area contributed by atoms with Crippen LogP contribution in [0.5, 0.6) is 0 Å². The molecule has 2 heterocycles. The molecule has 0 fully saturated rings. The summed E-state index contributed by atoms with van der Waals surface area (Å²) in [4.78, 5) is 25.4. The number of nitrogens with one attached hydrogen (secondary N) is 4. The predicted octanol–water partition coefficient (Wildman–Crippen LogP) is 1.30. The van der Waals surface area contributed by atoms with Gasteiger partial charge in [0.15, 0.2) is 0 Å². The molecular weight excluding hydrogens is 304 g/mol. The van der Waals surface area contributed by atoms with E-state index in [-0.39, 0.29) is 11.8 Å². The molecule has 6 heteroatoms. The fourth-order valence-electron chi connectivity index (χ4n) is 3.44. The minimum atomic E-state index is -1.47. The van der Waals surface area contributed by atoms with E-state index in [0.717, 1.165) is 18.8 Å². The molecule has 6 nitrogen and oxygen atoms in total. The Bertz CT molecular complexity index is 839. The number of carbonyl (C=O) groups excluding carboxylic acids is 2. The number of benzene rings is 2. The molecule has 0 radical (unpaired) electrons. The molecule has 2 aliphatic heterocycles. The zero-order valence-electron chi connectivity index (χ0n) is 13.3. The van der Waals surface area contributed by atoms with Gasteiger partial charge in [-0.3, -0.25) is 9.59 Å². The van der Waals surface area contributed by atoms with Gasteiger partial charge in [0.25, 0.3) is 11.8 Å². The Morgan fingerprint density at radius 1 is 1.12 bits per heavy atom. The Morgan fingerprint density at radius 3 is 2.75 bits per heavy atom. The van der Waals surface area contributed by atoms with Gasteiger partial charge in [-0.15, -0.1) is 0 Å². The lowest BCUT2D eigenvalue weighted by Crippen LogP contribution is -2.53. The Hall–Kier alpha value is -2.86. The number of fused-ring (bicyclic) bond motifs is 2. The molecule has 122 valence electrons. The summed E-state index contributed by atoms with van der Waals surface area (Å²) in [5.41, 5.74) is 2.98. The highest BCUT2D eigenvalue weighted by Gasteiger charge is 2.53. The topological polar surface area (TPSA) is 82.3 Å². The molecule has 2 aromatic rings. The van der Waals surface area contributed by atoms with Crippen molar-refractivity contribution in [1.82, 2.24) is 10.6 Å². The highest BCUT2D eigenvalue weighted by Crippen LogP contribution is 2.39. The van der Waals surface area contributed by atoms with E-state index in [1.807, 2.05) is 30.3 Å². The van der Waals surface area contributed by atoms with Crippen LogP contribution in [0.2, 0.25) is 0 Å². The third-order valence-corrected chi connectivity index (χ3v) is 4.66. The summed E-state index contributed by atoms with van der Waals surface area (Å²) >= 11 is 0. The molecule has 2 aliphatic rings. The van der Waals surface area contributed by atoms with E-state index in [0.29, 0.717) is 11.3 Å². The first kappa shape index (κ1) is 14.7. The largest absolute Gasteiger partial charge is 0.360 e. The van der Waals surface area contributed by atoms with Crippen LogP contribution in [-0.4, -0.2) is 18.9 Å². The van der Waals surface area contributed by atoms with E-state index in [2.05, 4.69) is 21.3 Å². The molecule has 0 bridgehead atoms. The molecule has 0 unspecified atom stereocenters. The molecule has 24 heavy (non-hydrogen) atoms. The highest BCUT2D eigenvalue weighted by atomic mass is 16.2. The lowest BCUT2D eigenvalue weighted by molar-refractivity contribution is -0.132. The predicted molar refractivity (Wildman–Crippen MR) is 91.4 cm³/mol. The van der Waals surface area contributed by atoms with Crippen molar-refractivity contribution in [1.29, 1.82) is 0 Å². The van der Waals surface area contributed by atoms with Gasteiger partial charge in [0.2, 0.25) is 5.54 Å². The van der Waals surface area contributed by atoms with Gasteiger partial charge in [-0.05, 0) is 29.3 Å². The van der Waals surface area contributed by atoms with Gasteiger partial charge < -0.3 is 21.3 Å². The van der Waals surface area contributed by atoms with Crippen LogP contribution in [0.4, 0.5) is 11.4 Å². The summed E-state index contributed by atoms with van der Waals surface area (Å²) in [6.07, 6.45) is 0. The molecule has 2 amide bonds. The molecule has 0 spiro atoms. The molecule has 4 rings (SSSR count). The zero-order valence-corrected chi connectivity index (χ0v) is 13.3. The van der Waals surface area contributed by atoms with Crippen molar-refractivity contribution in [2.45, 2.75) is 18.6 Å². The molecule has 2 aromatic carbocycles. The van der Waals surface area contributed by atoms with Gasteiger partial charge in [0.1, 0.15) is 0 Å². The van der Waals surface area contributed by atoms with Crippen molar-refractivity contribution in [2.75, 3.05) is 17.7 Å². The summed E-state index contributed by atoms with van der Waals surface area (Å²) < 4.78 is 0. The average Bonchev–Trinajstić information content (AvgIpc) is 3.17. The maximum absolute atomic E-state index is 12.7. The quantitative estimate of drug-likeness (QED) is 0.642. The van der Waals surface area contributed by atoms with E-state index in [4.69, 9.17) is 0 Å². The van der Waals surface area contributed by atoms with Crippen LogP contribution < -0.4 is 21.3 Å². The van der Waals surface area contributed by atoms with Gasteiger partial charge in [-0.2, -0.15) is 0 Å². The monoisotopic (exact) mass is 322 g/mol. The number of anilines is 2. The van der Waals surface area contributed by atoms with Crippen LogP contribution in [-0.2, 0) is 28.2 Å². The Labute approximate surface area is 139 Å². The van der Waals surface area contributed by atoms with Gasteiger partial charge in [-0.25, -0.2) is 0 Å². The zero-order chi connectivity index (χ0) is 16.7. The third kappa shape index (κ3) is 2.00. The summed E-state index contributed by atoms with van der Waals surface area (Å²) in [5.74, 6) is -0.759. The average molecular weight is 322 g/mol. The maximum atomic E-state index is 12.7. The number of rotatable bonds is 3. The highest BCUT2D eigenvalue weighted by molar-refractivity contribution is 6.22. The van der Waals surface area contributed by atoms with Crippen molar-refractivity contribution in [3.05, 3.63) is 59.2 Å². The van der Waals surface area contributed by atoms with E-state index in [1.54, 1.807) is 12.1 Å². The van der Waals surface area contributed by atoms with Crippen molar-refractivity contribution in [2.24, 2.45) is 0 Å². The Balaban J connectivity index is 1.81. The number of likely N-dealkylation sites (N-methyl/N-ethyl adjacent to an activating group) is 1. The van der Waals surface area contributed by atoms with Crippen molar-refractivity contribution in [3.8, 4) is 0 Å². The summed E-state index contributed by atoms with van der Waals surface area (Å²) in [6.45, 7) is 1.64. The van der Waals surface area contributed by atoms with Crippen LogP contribution in [0.3, 0.4) is 0 Å². The molecule has 4 N–H and O–H groups in total. The van der Waals surface area contributed by atoms with E-state index < -0.39 is 5.54 Å². The molecule has 0 saturated carbocycles. The normalized spacial score (nSPS) is 21.0. The Kier molecular flexibility index (Phi) is 3.28. The fourth-order valence-corrected chi connectivity index (χ4v) is 3.44. The molecule has 0 aromatic heterocycles. The summed E-state index contributed by atoms with van der Waals surface area (Å²) in [5, 5.41) is 11.9. The number of amides is 2.